The first kappa shape index (κ1) is 16.1. The molecule has 0 spiro atoms. The Balaban J connectivity index is 2.13. The second-order valence-corrected chi connectivity index (χ2v) is 5.92. The van der Waals surface area contributed by atoms with Crippen LogP contribution in [-0.2, 0) is 4.79 Å². The number of likely N-dealkylation sites (N-methyl/N-ethyl adjacent to an activating group) is 1. The van der Waals surface area contributed by atoms with Crippen molar-refractivity contribution in [2.24, 2.45) is 5.92 Å². The van der Waals surface area contributed by atoms with Crippen LogP contribution in [0, 0.1) is 5.92 Å². The Morgan fingerprint density at radius 3 is 2.64 bits per heavy atom. The van der Waals surface area contributed by atoms with Crippen molar-refractivity contribution in [3.05, 3.63) is 35.5 Å². The second-order valence-electron chi connectivity index (χ2n) is 5.06. The van der Waals surface area contributed by atoms with Crippen molar-refractivity contribution in [1.29, 1.82) is 0 Å². The summed E-state index contributed by atoms with van der Waals surface area (Å²) in [5, 5.41) is 7.61. The van der Waals surface area contributed by atoms with E-state index in [2.05, 4.69) is 20.6 Å². The molecule has 2 rings (SSSR count). The molecule has 0 radical (unpaired) electrons. The van der Waals surface area contributed by atoms with Gasteiger partial charge in [0.15, 0.2) is 0 Å². The molecule has 2 N–H and O–H groups in total. The number of rotatable bonds is 5. The van der Waals surface area contributed by atoms with Crippen LogP contribution in [0.25, 0.3) is 10.7 Å². The monoisotopic (exact) mass is 318 g/mol. The van der Waals surface area contributed by atoms with Crippen LogP contribution in [0.15, 0.2) is 29.8 Å². The third kappa shape index (κ3) is 3.67. The largest absolute Gasteiger partial charge is 0.357 e. The van der Waals surface area contributed by atoms with Crippen LogP contribution >= 0.6 is 11.3 Å². The maximum Gasteiger partial charge on any atom is 0.271 e. The van der Waals surface area contributed by atoms with Crippen LogP contribution in [-0.4, -0.2) is 34.9 Å². The third-order valence-corrected chi connectivity index (χ3v) is 3.97. The highest BCUT2D eigenvalue weighted by Crippen LogP contribution is 2.21. The predicted molar refractivity (Wildman–Crippen MR) is 85.5 cm³/mol. The van der Waals surface area contributed by atoms with Crippen LogP contribution < -0.4 is 10.6 Å². The van der Waals surface area contributed by atoms with Gasteiger partial charge in [0.25, 0.3) is 5.91 Å². The molecule has 0 saturated heterocycles. The molecule has 2 heterocycles. The first-order chi connectivity index (χ1) is 10.5. The Hall–Kier alpha value is -2.28. The fraction of sp³-hybridized carbons (Fsp3) is 0.333. The summed E-state index contributed by atoms with van der Waals surface area (Å²) in [5.74, 6) is -0.595. The van der Waals surface area contributed by atoms with E-state index < -0.39 is 6.04 Å². The van der Waals surface area contributed by atoms with Crippen molar-refractivity contribution in [3.63, 3.8) is 0 Å². The summed E-state index contributed by atoms with van der Waals surface area (Å²) in [4.78, 5) is 32.5. The van der Waals surface area contributed by atoms with Crippen LogP contribution in [0.4, 0.5) is 0 Å². The minimum atomic E-state index is -0.586. The molecule has 0 fully saturated rings. The number of hydrogen-bond donors (Lipinski definition) is 2. The molecule has 0 aliphatic carbocycles. The Kier molecular flexibility index (Phi) is 5.21. The lowest BCUT2D eigenvalue weighted by atomic mass is 10.0. The highest BCUT2D eigenvalue weighted by atomic mass is 32.1. The molecule has 116 valence electrons. The number of hydrogen-bond acceptors (Lipinski definition) is 5. The molecule has 1 unspecified atom stereocenters. The Morgan fingerprint density at radius 1 is 1.27 bits per heavy atom. The molecule has 0 aliphatic heterocycles. The van der Waals surface area contributed by atoms with Crippen molar-refractivity contribution in [3.8, 4) is 10.7 Å². The van der Waals surface area contributed by atoms with Crippen molar-refractivity contribution in [2.45, 2.75) is 19.9 Å². The first-order valence-corrected chi connectivity index (χ1v) is 7.80. The summed E-state index contributed by atoms with van der Waals surface area (Å²) in [6, 6.07) is 4.94. The molecule has 0 aliphatic rings. The predicted octanol–water partition coefficient (Wildman–Crippen LogP) is 1.71. The maximum absolute atomic E-state index is 12.3. The van der Waals surface area contributed by atoms with Gasteiger partial charge < -0.3 is 10.6 Å². The normalized spacial score (nSPS) is 12.0. The molecule has 2 aromatic heterocycles. The van der Waals surface area contributed by atoms with Crippen LogP contribution in [0.5, 0.6) is 0 Å². The van der Waals surface area contributed by atoms with Gasteiger partial charge in [-0.2, -0.15) is 0 Å². The average Bonchev–Trinajstić information content (AvgIpc) is 3.02. The van der Waals surface area contributed by atoms with Gasteiger partial charge in [-0.1, -0.05) is 19.9 Å². The number of nitrogens with zero attached hydrogens (tertiary/aromatic N) is 2. The van der Waals surface area contributed by atoms with Crippen molar-refractivity contribution in [2.75, 3.05) is 7.05 Å². The molecule has 2 amide bonds. The van der Waals surface area contributed by atoms with E-state index in [4.69, 9.17) is 0 Å². The molecule has 0 saturated carbocycles. The van der Waals surface area contributed by atoms with E-state index in [1.807, 2.05) is 32.0 Å². The van der Waals surface area contributed by atoms with Crippen LogP contribution in [0.2, 0.25) is 0 Å². The average molecular weight is 318 g/mol. The van der Waals surface area contributed by atoms with Crippen LogP contribution in [0.3, 0.4) is 0 Å². The minimum Gasteiger partial charge on any atom is -0.357 e. The van der Waals surface area contributed by atoms with E-state index in [1.54, 1.807) is 18.6 Å². The van der Waals surface area contributed by atoms with E-state index >= 15 is 0 Å². The summed E-state index contributed by atoms with van der Waals surface area (Å²) >= 11 is 1.35. The maximum atomic E-state index is 12.3. The number of carbonyl (C=O) groups is 2. The fourth-order valence-electron chi connectivity index (χ4n) is 1.89. The van der Waals surface area contributed by atoms with Gasteiger partial charge in [0, 0.05) is 18.6 Å². The standard InChI is InChI=1S/C15H18N4O2S/c1-9(2)12(14(21)16-3)19-13(20)11-8-22-15(18-11)10-6-4-5-7-17-10/h4-9,12H,1-3H3,(H,16,21)(H,19,20). The molecule has 6 nitrogen and oxygen atoms in total. The van der Waals surface area contributed by atoms with Gasteiger partial charge in [-0.05, 0) is 18.1 Å². The van der Waals surface area contributed by atoms with E-state index in [0.29, 0.717) is 10.7 Å². The van der Waals surface area contributed by atoms with E-state index in [1.165, 1.54) is 11.3 Å². The zero-order chi connectivity index (χ0) is 16.1. The third-order valence-electron chi connectivity index (χ3n) is 3.10. The fourth-order valence-corrected chi connectivity index (χ4v) is 2.67. The molecule has 7 heteroatoms. The number of thiazole rings is 1. The lowest BCUT2D eigenvalue weighted by molar-refractivity contribution is -0.123. The number of amides is 2. The zero-order valence-corrected chi connectivity index (χ0v) is 13.5. The molecular formula is C15H18N4O2S. The van der Waals surface area contributed by atoms with E-state index in [9.17, 15) is 9.59 Å². The van der Waals surface area contributed by atoms with Gasteiger partial charge in [-0.25, -0.2) is 4.98 Å². The Bertz CT molecular complexity index is 655. The summed E-state index contributed by atoms with van der Waals surface area (Å²) < 4.78 is 0. The quantitative estimate of drug-likeness (QED) is 0.879. The second kappa shape index (κ2) is 7.13. The molecule has 2 aromatic rings. The van der Waals surface area contributed by atoms with Gasteiger partial charge >= 0.3 is 0 Å². The van der Waals surface area contributed by atoms with Gasteiger partial charge in [-0.3, -0.25) is 14.6 Å². The molecule has 1 atom stereocenters. The minimum absolute atomic E-state index is 0.0159. The van der Waals surface area contributed by atoms with Crippen molar-refractivity contribution in [1.82, 2.24) is 20.6 Å². The smallest absolute Gasteiger partial charge is 0.271 e. The molecule has 0 bridgehead atoms. The highest BCUT2D eigenvalue weighted by Gasteiger charge is 2.24. The first-order valence-electron chi connectivity index (χ1n) is 6.92. The Labute approximate surface area is 133 Å². The molecular weight excluding hydrogens is 300 g/mol. The topological polar surface area (TPSA) is 84.0 Å². The number of carbonyl (C=O) groups excluding carboxylic acids is 2. The lowest BCUT2D eigenvalue weighted by Crippen LogP contribution is -2.48. The van der Waals surface area contributed by atoms with Gasteiger partial charge in [0.1, 0.15) is 16.7 Å². The zero-order valence-electron chi connectivity index (χ0n) is 12.7. The number of pyridine rings is 1. The summed E-state index contributed by atoms with van der Waals surface area (Å²) in [6.45, 7) is 3.75. The van der Waals surface area contributed by atoms with E-state index in [-0.39, 0.29) is 17.7 Å². The highest BCUT2D eigenvalue weighted by molar-refractivity contribution is 7.13. The summed E-state index contributed by atoms with van der Waals surface area (Å²) in [7, 11) is 1.55. The van der Waals surface area contributed by atoms with Gasteiger partial charge in [-0.15, -0.1) is 11.3 Å². The van der Waals surface area contributed by atoms with Gasteiger partial charge in [0.2, 0.25) is 5.91 Å². The van der Waals surface area contributed by atoms with Crippen molar-refractivity contribution < 1.29 is 9.59 Å². The summed E-state index contributed by atoms with van der Waals surface area (Å²) in [6.07, 6.45) is 1.68. The van der Waals surface area contributed by atoms with Crippen molar-refractivity contribution >= 4 is 23.2 Å². The van der Waals surface area contributed by atoms with Gasteiger partial charge in [0.05, 0.1) is 5.69 Å². The number of nitrogens with one attached hydrogen (secondary N) is 2. The Morgan fingerprint density at radius 2 is 2.05 bits per heavy atom. The van der Waals surface area contributed by atoms with E-state index in [0.717, 1.165) is 5.69 Å². The van der Waals surface area contributed by atoms with Crippen LogP contribution in [0.1, 0.15) is 24.3 Å². The molecule has 22 heavy (non-hydrogen) atoms. The summed E-state index contributed by atoms with van der Waals surface area (Å²) in [5.41, 5.74) is 1.01. The SMILES string of the molecule is CNC(=O)C(NC(=O)c1csc(-c2ccccn2)n1)C(C)C. The lowest BCUT2D eigenvalue weighted by Gasteiger charge is -2.20. The molecule has 0 aromatic carbocycles. The number of aromatic nitrogens is 2.